The number of carboxylic acids is 1. The lowest BCUT2D eigenvalue weighted by Crippen LogP contribution is -2.33. The van der Waals surface area contributed by atoms with Gasteiger partial charge in [-0.2, -0.15) is 0 Å². The Morgan fingerprint density at radius 1 is 1.53 bits per heavy atom. The molecule has 0 radical (unpaired) electrons. The summed E-state index contributed by atoms with van der Waals surface area (Å²) in [6.07, 6.45) is 3.73. The number of aromatic nitrogens is 1. The number of hydrogen-bond donors (Lipinski definition) is 2. The Balaban J connectivity index is 2.06. The quantitative estimate of drug-likeness (QED) is 0.805. The van der Waals surface area contributed by atoms with Gasteiger partial charge in [-0.15, -0.1) is 11.3 Å². The van der Waals surface area contributed by atoms with Crippen LogP contribution in [-0.2, 0) is 10.4 Å². The molecule has 1 aliphatic carbocycles. The van der Waals surface area contributed by atoms with E-state index in [0.717, 1.165) is 0 Å². The van der Waals surface area contributed by atoms with E-state index in [9.17, 15) is 9.90 Å². The summed E-state index contributed by atoms with van der Waals surface area (Å²) in [7, 11) is 0. The van der Waals surface area contributed by atoms with E-state index in [-0.39, 0.29) is 5.92 Å². The molecule has 0 atom stereocenters. The van der Waals surface area contributed by atoms with Crippen LogP contribution in [0.1, 0.15) is 30.7 Å². The zero-order valence-corrected chi connectivity index (χ0v) is 9.04. The Labute approximate surface area is 91.6 Å². The van der Waals surface area contributed by atoms with E-state index >= 15 is 0 Å². The molecule has 0 amide bonds. The summed E-state index contributed by atoms with van der Waals surface area (Å²) in [6, 6.07) is 0. The van der Waals surface area contributed by atoms with E-state index in [0.29, 0.717) is 30.7 Å². The van der Waals surface area contributed by atoms with Crippen LogP contribution in [0.3, 0.4) is 0 Å². The maximum atomic E-state index is 10.8. The number of thiazole rings is 1. The van der Waals surface area contributed by atoms with Crippen LogP contribution >= 0.6 is 11.3 Å². The maximum Gasteiger partial charge on any atom is 0.306 e. The molecule has 1 aromatic rings. The first-order valence-electron chi connectivity index (χ1n) is 4.97. The monoisotopic (exact) mass is 227 g/mol. The van der Waals surface area contributed by atoms with Gasteiger partial charge in [0.15, 0.2) is 0 Å². The summed E-state index contributed by atoms with van der Waals surface area (Å²) in [5.41, 5.74) is -0.889. The molecule has 0 bridgehead atoms. The summed E-state index contributed by atoms with van der Waals surface area (Å²) in [6.45, 7) is 0. The van der Waals surface area contributed by atoms with Crippen molar-refractivity contribution in [3.63, 3.8) is 0 Å². The van der Waals surface area contributed by atoms with E-state index in [1.165, 1.54) is 11.3 Å². The minimum absolute atomic E-state index is 0.301. The number of aliphatic hydroxyl groups is 1. The SMILES string of the molecule is O=C(O)C1CCC(O)(c2nccs2)CC1. The molecule has 1 heterocycles. The zero-order chi connectivity index (χ0) is 10.9. The van der Waals surface area contributed by atoms with E-state index in [1.54, 1.807) is 6.20 Å². The number of nitrogens with zero attached hydrogens (tertiary/aromatic N) is 1. The summed E-state index contributed by atoms with van der Waals surface area (Å²) >= 11 is 1.43. The lowest BCUT2D eigenvalue weighted by atomic mass is 9.79. The lowest BCUT2D eigenvalue weighted by molar-refractivity contribution is -0.145. The average Bonchev–Trinajstić information content (AvgIpc) is 2.71. The fraction of sp³-hybridized carbons (Fsp3) is 0.600. The van der Waals surface area contributed by atoms with Gasteiger partial charge in [0.25, 0.3) is 0 Å². The molecule has 0 unspecified atom stereocenters. The molecule has 0 spiro atoms. The van der Waals surface area contributed by atoms with Gasteiger partial charge in [-0.05, 0) is 25.7 Å². The van der Waals surface area contributed by atoms with Gasteiger partial charge < -0.3 is 10.2 Å². The number of rotatable bonds is 2. The van der Waals surface area contributed by atoms with E-state index < -0.39 is 11.6 Å². The van der Waals surface area contributed by atoms with Crippen LogP contribution in [0, 0.1) is 5.92 Å². The van der Waals surface area contributed by atoms with Crippen LogP contribution < -0.4 is 0 Å². The number of carbonyl (C=O) groups is 1. The summed E-state index contributed by atoms with van der Waals surface area (Å²) in [5.74, 6) is -1.05. The van der Waals surface area contributed by atoms with Crippen LogP contribution in [0.4, 0.5) is 0 Å². The van der Waals surface area contributed by atoms with Crippen molar-refractivity contribution < 1.29 is 15.0 Å². The molecule has 0 saturated heterocycles. The Morgan fingerprint density at radius 3 is 2.67 bits per heavy atom. The second-order valence-electron chi connectivity index (χ2n) is 3.98. The van der Waals surface area contributed by atoms with Gasteiger partial charge in [0.1, 0.15) is 10.6 Å². The molecule has 1 aliphatic rings. The molecule has 15 heavy (non-hydrogen) atoms. The van der Waals surface area contributed by atoms with Crippen molar-refractivity contribution >= 4 is 17.3 Å². The van der Waals surface area contributed by atoms with Crippen molar-refractivity contribution in [1.82, 2.24) is 4.98 Å². The van der Waals surface area contributed by atoms with Gasteiger partial charge in [-0.25, -0.2) is 4.98 Å². The van der Waals surface area contributed by atoms with Gasteiger partial charge in [0.2, 0.25) is 0 Å². The standard InChI is InChI=1S/C10H13NO3S/c12-8(13)7-1-3-10(14,4-2-7)9-11-5-6-15-9/h5-7,14H,1-4H2,(H,12,13). The van der Waals surface area contributed by atoms with Gasteiger partial charge in [-0.3, -0.25) is 4.79 Å². The van der Waals surface area contributed by atoms with Crippen molar-refractivity contribution in [3.05, 3.63) is 16.6 Å². The van der Waals surface area contributed by atoms with E-state index in [4.69, 9.17) is 5.11 Å². The second kappa shape index (κ2) is 3.90. The first kappa shape index (κ1) is 10.6. The summed E-state index contributed by atoms with van der Waals surface area (Å²) in [5, 5.41) is 21.7. The molecule has 2 N–H and O–H groups in total. The smallest absolute Gasteiger partial charge is 0.306 e. The first-order valence-corrected chi connectivity index (χ1v) is 5.85. The van der Waals surface area contributed by atoms with Crippen molar-refractivity contribution in [2.75, 3.05) is 0 Å². The molecule has 2 rings (SSSR count). The van der Waals surface area contributed by atoms with Crippen molar-refractivity contribution in [2.45, 2.75) is 31.3 Å². The number of hydrogen-bond acceptors (Lipinski definition) is 4. The third kappa shape index (κ3) is 2.03. The minimum atomic E-state index is -0.889. The van der Waals surface area contributed by atoms with E-state index in [2.05, 4.69) is 4.98 Å². The Morgan fingerprint density at radius 2 is 2.20 bits per heavy atom. The average molecular weight is 227 g/mol. The van der Waals surface area contributed by atoms with Crippen LogP contribution in [0.5, 0.6) is 0 Å². The van der Waals surface area contributed by atoms with Crippen molar-refractivity contribution in [3.8, 4) is 0 Å². The Hall–Kier alpha value is -0.940. The highest BCUT2D eigenvalue weighted by molar-refractivity contribution is 7.09. The highest BCUT2D eigenvalue weighted by Gasteiger charge is 2.38. The summed E-state index contributed by atoms with van der Waals surface area (Å²) < 4.78 is 0. The maximum absolute atomic E-state index is 10.8. The number of aliphatic carboxylic acids is 1. The van der Waals surface area contributed by atoms with Crippen LogP contribution in [0.2, 0.25) is 0 Å². The molecule has 1 aromatic heterocycles. The predicted molar refractivity (Wildman–Crippen MR) is 55.6 cm³/mol. The molecule has 82 valence electrons. The highest BCUT2D eigenvalue weighted by Crippen LogP contribution is 2.40. The fourth-order valence-electron chi connectivity index (χ4n) is 2.01. The predicted octanol–water partition coefficient (Wildman–Crippen LogP) is 1.61. The molecule has 5 heteroatoms. The molecule has 1 saturated carbocycles. The van der Waals surface area contributed by atoms with Gasteiger partial charge >= 0.3 is 5.97 Å². The number of carboxylic acid groups (broad SMARTS) is 1. The minimum Gasteiger partial charge on any atom is -0.481 e. The van der Waals surface area contributed by atoms with E-state index in [1.807, 2.05) is 5.38 Å². The van der Waals surface area contributed by atoms with Crippen molar-refractivity contribution in [1.29, 1.82) is 0 Å². The molecular formula is C10H13NO3S. The van der Waals surface area contributed by atoms with Crippen LogP contribution in [0.25, 0.3) is 0 Å². The lowest BCUT2D eigenvalue weighted by Gasteiger charge is -2.32. The van der Waals surface area contributed by atoms with Crippen LogP contribution in [0.15, 0.2) is 11.6 Å². The summed E-state index contributed by atoms with van der Waals surface area (Å²) in [4.78, 5) is 14.9. The van der Waals surface area contributed by atoms with Crippen LogP contribution in [-0.4, -0.2) is 21.2 Å². The van der Waals surface area contributed by atoms with Crippen molar-refractivity contribution in [2.24, 2.45) is 5.92 Å². The normalized spacial score (nSPS) is 31.4. The third-order valence-electron chi connectivity index (χ3n) is 2.99. The fourth-order valence-corrected chi connectivity index (χ4v) is 2.81. The first-order chi connectivity index (χ1) is 7.12. The molecule has 1 fully saturated rings. The molecule has 0 aromatic carbocycles. The van der Waals surface area contributed by atoms with Gasteiger partial charge in [-0.1, -0.05) is 0 Å². The van der Waals surface area contributed by atoms with Gasteiger partial charge in [0, 0.05) is 11.6 Å². The zero-order valence-electron chi connectivity index (χ0n) is 8.22. The Bertz CT molecular complexity index is 342. The second-order valence-corrected chi connectivity index (χ2v) is 4.88. The largest absolute Gasteiger partial charge is 0.481 e. The molecule has 0 aliphatic heterocycles. The third-order valence-corrected chi connectivity index (χ3v) is 3.96. The highest BCUT2D eigenvalue weighted by atomic mass is 32.1. The molecule has 4 nitrogen and oxygen atoms in total. The molecular weight excluding hydrogens is 214 g/mol. The van der Waals surface area contributed by atoms with Gasteiger partial charge in [0.05, 0.1) is 5.92 Å². The Kier molecular flexibility index (Phi) is 2.75. The topological polar surface area (TPSA) is 70.4 Å².